The fourth-order valence-corrected chi connectivity index (χ4v) is 3.80. The summed E-state index contributed by atoms with van der Waals surface area (Å²) >= 11 is 12.4. The molecular formula is C24H17Cl2N3O2. The lowest BCUT2D eigenvalue weighted by Gasteiger charge is -2.08. The molecule has 7 heteroatoms. The number of aromatic nitrogens is 1. The van der Waals surface area contributed by atoms with Crippen molar-refractivity contribution in [1.82, 2.24) is 9.88 Å². The number of para-hydroxylation sites is 1. The molecule has 1 N–H and O–H groups in total. The Morgan fingerprint density at radius 1 is 1.16 bits per heavy atom. The van der Waals surface area contributed by atoms with Gasteiger partial charge in [-0.15, -0.1) is 0 Å². The Morgan fingerprint density at radius 3 is 2.74 bits per heavy atom. The Kier molecular flexibility index (Phi) is 6.13. The average molecular weight is 450 g/mol. The lowest BCUT2D eigenvalue weighted by atomic mass is 10.1. The summed E-state index contributed by atoms with van der Waals surface area (Å²) in [7, 11) is 0. The molecule has 0 spiro atoms. The van der Waals surface area contributed by atoms with Crippen molar-refractivity contribution in [2.24, 2.45) is 0 Å². The van der Waals surface area contributed by atoms with Gasteiger partial charge in [-0.3, -0.25) is 4.79 Å². The first kappa shape index (κ1) is 20.8. The summed E-state index contributed by atoms with van der Waals surface area (Å²) in [5.41, 5.74) is 2.66. The van der Waals surface area contributed by atoms with Gasteiger partial charge < -0.3 is 14.3 Å². The summed E-state index contributed by atoms with van der Waals surface area (Å²) in [5, 5.41) is 14.3. The zero-order chi connectivity index (χ0) is 21.8. The standard InChI is InChI=1S/C24H17Cl2N3O2/c25-19-8-7-16(22(26)11-19)14-29-15-18(21-5-1-2-6-23(21)29)10-17(12-27)24(30)28-13-20-4-3-9-31-20/h1-11,15H,13-14H2,(H,28,30)/b17-10-. The second-order valence-electron chi connectivity index (χ2n) is 6.90. The summed E-state index contributed by atoms with van der Waals surface area (Å²) in [6.45, 7) is 0.735. The van der Waals surface area contributed by atoms with Crippen LogP contribution in [0.2, 0.25) is 10.0 Å². The first-order valence-electron chi connectivity index (χ1n) is 9.49. The van der Waals surface area contributed by atoms with Crippen LogP contribution in [0.1, 0.15) is 16.9 Å². The van der Waals surface area contributed by atoms with E-state index in [-0.39, 0.29) is 12.1 Å². The number of nitrogens with zero attached hydrogens (tertiary/aromatic N) is 2. The van der Waals surface area contributed by atoms with Gasteiger partial charge in [-0.05, 0) is 42.0 Å². The molecule has 0 atom stereocenters. The van der Waals surface area contributed by atoms with Crippen LogP contribution in [0.15, 0.2) is 77.0 Å². The Hall–Kier alpha value is -3.46. The predicted octanol–water partition coefficient (Wildman–Crippen LogP) is 5.81. The van der Waals surface area contributed by atoms with Crippen LogP contribution in [-0.4, -0.2) is 10.5 Å². The smallest absolute Gasteiger partial charge is 0.262 e. The number of hydrogen-bond acceptors (Lipinski definition) is 3. The zero-order valence-corrected chi connectivity index (χ0v) is 17.8. The summed E-state index contributed by atoms with van der Waals surface area (Å²) in [6, 6.07) is 18.7. The predicted molar refractivity (Wildman–Crippen MR) is 122 cm³/mol. The van der Waals surface area contributed by atoms with Gasteiger partial charge in [-0.25, -0.2) is 0 Å². The van der Waals surface area contributed by atoms with Gasteiger partial charge in [0, 0.05) is 39.3 Å². The van der Waals surface area contributed by atoms with E-state index in [0.717, 1.165) is 22.0 Å². The van der Waals surface area contributed by atoms with Crippen molar-refractivity contribution < 1.29 is 9.21 Å². The molecule has 0 radical (unpaired) electrons. The summed E-state index contributed by atoms with van der Waals surface area (Å²) < 4.78 is 7.24. The fraction of sp³-hybridized carbons (Fsp3) is 0.0833. The molecular weight excluding hydrogens is 433 g/mol. The van der Waals surface area contributed by atoms with Crippen LogP contribution < -0.4 is 5.32 Å². The van der Waals surface area contributed by atoms with Gasteiger partial charge in [0.15, 0.2) is 0 Å². The maximum atomic E-state index is 12.5. The van der Waals surface area contributed by atoms with Crippen molar-refractivity contribution in [3.63, 3.8) is 0 Å². The van der Waals surface area contributed by atoms with Gasteiger partial charge in [0.05, 0.1) is 12.8 Å². The summed E-state index contributed by atoms with van der Waals surface area (Å²) in [6.07, 6.45) is 5.04. The van der Waals surface area contributed by atoms with Crippen molar-refractivity contribution in [2.75, 3.05) is 0 Å². The molecule has 1 amide bonds. The Morgan fingerprint density at radius 2 is 2.00 bits per heavy atom. The normalized spacial score (nSPS) is 11.5. The Balaban J connectivity index is 1.65. The number of nitriles is 1. The monoisotopic (exact) mass is 449 g/mol. The van der Waals surface area contributed by atoms with E-state index in [9.17, 15) is 10.1 Å². The number of nitrogens with one attached hydrogen (secondary N) is 1. The van der Waals surface area contributed by atoms with Crippen molar-refractivity contribution in [1.29, 1.82) is 5.26 Å². The molecule has 4 aromatic rings. The molecule has 0 saturated carbocycles. The van der Waals surface area contributed by atoms with Crippen LogP contribution in [0, 0.1) is 11.3 Å². The number of rotatable bonds is 6. The highest BCUT2D eigenvalue weighted by Crippen LogP contribution is 2.27. The third-order valence-electron chi connectivity index (χ3n) is 4.84. The zero-order valence-electron chi connectivity index (χ0n) is 16.3. The molecule has 0 saturated heterocycles. The minimum Gasteiger partial charge on any atom is -0.467 e. The SMILES string of the molecule is N#C/C(=C/c1cn(Cc2ccc(Cl)cc2Cl)c2ccccc12)C(=O)NCc1ccco1. The number of carbonyl (C=O) groups is 1. The van der Waals surface area contributed by atoms with Crippen molar-refractivity contribution >= 4 is 46.1 Å². The van der Waals surface area contributed by atoms with Gasteiger partial charge in [0.1, 0.15) is 17.4 Å². The van der Waals surface area contributed by atoms with Gasteiger partial charge >= 0.3 is 0 Å². The first-order chi connectivity index (χ1) is 15.0. The van der Waals surface area contributed by atoms with E-state index < -0.39 is 5.91 Å². The largest absolute Gasteiger partial charge is 0.467 e. The topological polar surface area (TPSA) is 71.0 Å². The van der Waals surface area contributed by atoms with E-state index in [4.69, 9.17) is 27.6 Å². The van der Waals surface area contributed by atoms with Crippen LogP contribution in [0.25, 0.3) is 17.0 Å². The highest BCUT2D eigenvalue weighted by molar-refractivity contribution is 6.35. The number of carbonyl (C=O) groups excluding carboxylic acids is 1. The minimum absolute atomic E-state index is 0.0129. The molecule has 0 bridgehead atoms. The van der Waals surface area contributed by atoms with Gasteiger partial charge in [0.2, 0.25) is 0 Å². The lowest BCUT2D eigenvalue weighted by molar-refractivity contribution is -0.117. The quantitative estimate of drug-likeness (QED) is 0.298. The van der Waals surface area contributed by atoms with Gasteiger partial charge in [-0.2, -0.15) is 5.26 Å². The first-order valence-corrected chi connectivity index (χ1v) is 10.2. The Labute approximate surface area is 189 Å². The molecule has 0 aliphatic rings. The number of halogens is 2. The van der Waals surface area contributed by atoms with E-state index in [0.29, 0.717) is 22.4 Å². The highest BCUT2D eigenvalue weighted by Gasteiger charge is 2.13. The minimum atomic E-state index is -0.462. The van der Waals surface area contributed by atoms with Crippen LogP contribution in [0.5, 0.6) is 0 Å². The highest BCUT2D eigenvalue weighted by atomic mass is 35.5. The summed E-state index contributed by atoms with van der Waals surface area (Å²) in [4.78, 5) is 12.5. The lowest BCUT2D eigenvalue weighted by Crippen LogP contribution is -2.23. The van der Waals surface area contributed by atoms with E-state index in [1.165, 1.54) is 6.26 Å². The second-order valence-corrected chi connectivity index (χ2v) is 7.74. The maximum Gasteiger partial charge on any atom is 0.262 e. The fourth-order valence-electron chi connectivity index (χ4n) is 3.33. The van der Waals surface area contributed by atoms with Gasteiger partial charge in [0.25, 0.3) is 5.91 Å². The van der Waals surface area contributed by atoms with E-state index >= 15 is 0 Å². The van der Waals surface area contributed by atoms with Gasteiger partial charge in [-0.1, -0.05) is 47.5 Å². The summed E-state index contributed by atoms with van der Waals surface area (Å²) in [5.74, 6) is 0.151. The van der Waals surface area contributed by atoms with E-state index in [1.54, 1.807) is 30.3 Å². The third kappa shape index (κ3) is 4.66. The number of benzene rings is 2. The van der Waals surface area contributed by atoms with Crippen molar-refractivity contribution in [3.05, 3.63) is 99.6 Å². The molecule has 5 nitrogen and oxygen atoms in total. The van der Waals surface area contributed by atoms with Crippen molar-refractivity contribution in [3.8, 4) is 6.07 Å². The molecule has 0 fully saturated rings. The number of hydrogen-bond donors (Lipinski definition) is 1. The molecule has 2 aromatic carbocycles. The molecule has 31 heavy (non-hydrogen) atoms. The third-order valence-corrected chi connectivity index (χ3v) is 5.43. The molecule has 154 valence electrons. The number of fused-ring (bicyclic) bond motifs is 1. The number of amides is 1. The van der Waals surface area contributed by atoms with Crippen LogP contribution >= 0.6 is 23.2 Å². The van der Waals surface area contributed by atoms with E-state index in [2.05, 4.69) is 5.32 Å². The number of furan rings is 1. The second kappa shape index (κ2) is 9.13. The van der Waals surface area contributed by atoms with Crippen molar-refractivity contribution in [2.45, 2.75) is 13.1 Å². The molecule has 0 aliphatic heterocycles. The van der Waals surface area contributed by atoms with Crippen LogP contribution in [0.4, 0.5) is 0 Å². The molecule has 4 rings (SSSR count). The van der Waals surface area contributed by atoms with Crippen LogP contribution in [0.3, 0.4) is 0 Å². The maximum absolute atomic E-state index is 12.5. The molecule has 0 unspecified atom stereocenters. The van der Waals surface area contributed by atoms with E-state index in [1.807, 2.05) is 47.2 Å². The Bertz CT molecular complexity index is 1310. The molecule has 2 heterocycles. The molecule has 0 aliphatic carbocycles. The molecule has 2 aromatic heterocycles. The average Bonchev–Trinajstić information content (AvgIpc) is 3.41. The van der Waals surface area contributed by atoms with Crippen LogP contribution in [-0.2, 0) is 17.9 Å².